The lowest BCUT2D eigenvalue weighted by molar-refractivity contribution is -0.0258. The van der Waals surface area contributed by atoms with Crippen molar-refractivity contribution in [3.05, 3.63) is 101 Å². The molecule has 0 heterocycles. The third-order valence-corrected chi connectivity index (χ3v) is 6.83. The van der Waals surface area contributed by atoms with Crippen LogP contribution in [0.25, 0.3) is 0 Å². The van der Waals surface area contributed by atoms with Crippen molar-refractivity contribution in [3.8, 4) is 0 Å². The minimum Gasteiger partial charge on any atom is -0.445 e. The molecule has 1 atom stereocenters. The second-order valence-corrected chi connectivity index (χ2v) is 8.98. The number of ketones is 1. The maximum absolute atomic E-state index is 13.1. The molecule has 0 aliphatic carbocycles. The van der Waals surface area contributed by atoms with E-state index in [0.717, 1.165) is 6.07 Å². The van der Waals surface area contributed by atoms with Crippen LogP contribution in [0.2, 0.25) is 5.02 Å². The van der Waals surface area contributed by atoms with E-state index in [1.54, 1.807) is 60.7 Å². The van der Waals surface area contributed by atoms with Crippen LogP contribution in [-0.4, -0.2) is 38.8 Å². The Hall–Kier alpha value is -3.04. The summed E-state index contributed by atoms with van der Waals surface area (Å²) in [5.41, 5.74) is 0.769. The van der Waals surface area contributed by atoms with Gasteiger partial charge in [0, 0.05) is 18.2 Å². The first kappa shape index (κ1) is 23.6. The van der Waals surface area contributed by atoms with Gasteiger partial charge in [-0.25, -0.2) is 13.2 Å². The maximum atomic E-state index is 13.1. The lowest BCUT2D eigenvalue weighted by Crippen LogP contribution is -2.26. The number of carbonyl (C=O) groups is 2. The fourth-order valence-corrected chi connectivity index (χ4v) is 4.37. The normalized spacial score (nSPS) is 12.4. The molecule has 0 saturated heterocycles. The molecule has 9 heteroatoms. The lowest BCUT2D eigenvalue weighted by atomic mass is 10.00. The summed E-state index contributed by atoms with van der Waals surface area (Å²) < 4.78 is 31.4. The number of ether oxygens (including phenoxy) is 1. The van der Waals surface area contributed by atoms with Crippen molar-refractivity contribution < 1.29 is 27.6 Å². The molecule has 0 fully saturated rings. The number of benzene rings is 3. The number of esters is 1. The molecule has 3 aromatic carbocycles. The van der Waals surface area contributed by atoms with Crippen molar-refractivity contribution >= 4 is 33.4 Å². The van der Waals surface area contributed by atoms with Gasteiger partial charge < -0.3 is 4.74 Å². The number of hydroxylamine groups is 1. The van der Waals surface area contributed by atoms with Gasteiger partial charge in [0.15, 0.2) is 6.10 Å². The van der Waals surface area contributed by atoms with E-state index in [1.807, 2.05) is 0 Å². The van der Waals surface area contributed by atoms with E-state index in [0.29, 0.717) is 15.6 Å². The predicted octanol–water partition coefficient (Wildman–Crippen LogP) is 4.30. The van der Waals surface area contributed by atoms with E-state index in [4.69, 9.17) is 21.2 Å². The first-order chi connectivity index (χ1) is 15.3. The van der Waals surface area contributed by atoms with Gasteiger partial charge in [-0.3, -0.25) is 9.63 Å². The highest BCUT2D eigenvalue weighted by Gasteiger charge is 2.29. The molecule has 3 aromatic rings. The highest BCUT2D eigenvalue weighted by molar-refractivity contribution is 7.89. The molecule has 0 amide bonds. The summed E-state index contributed by atoms with van der Waals surface area (Å²) in [6, 6.07) is 20.7. The Kier molecular flexibility index (Phi) is 7.42. The number of hydrogen-bond acceptors (Lipinski definition) is 6. The van der Waals surface area contributed by atoms with Crippen molar-refractivity contribution in [3.63, 3.8) is 0 Å². The smallest absolute Gasteiger partial charge is 0.339 e. The molecule has 32 heavy (non-hydrogen) atoms. The van der Waals surface area contributed by atoms with Gasteiger partial charge in [-0.1, -0.05) is 76.7 Å². The molecule has 0 bridgehead atoms. The number of Topliss-reactive ketones (excluding diaryl/α,β-unsaturated/α-hetero) is 1. The van der Waals surface area contributed by atoms with E-state index in [2.05, 4.69) is 0 Å². The Morgan fingerprint density at radius 1 is 0.906 bits per heavy atom. The minimum atomic E-state index is -4.11. The summed E-state index contributed by atoms with van der Waals surface area (Å²) in [5.74, 6) is -1.29. The molecular weight excluding hydrogens is 454 g/mol. The average molecular weight is 474 g/mol. The third kappa shape index (κ3) is 5.05. The average Bonchev–Trinajstić information content (AvgIpc) is 2.82. The van der Waals surface area contributed by atoms with Crippen LogP contribution >= 0.6 is 11.6 Å². The molecule has 0 aromatic heterocycles. The van der Waals surface area contributed by atoms with E-state index in [-0.39, 0.29) is 15.5 Å². The second kappa shape index (κ2) is 10.1. The molecular formula is C23H20ClNO6S. The summed E-state index contributed by atoms with van der Waals surface area (Å²) >= 11 is 6.05. The molecule has 3 rings (SSSR count). The topological polar surface area (TPSA) is 90.0 Å². The number of halogens is 1. The fraction of sp³-hybridized carbons (Fsp3) is 0.130. The molecule has 0 saturated carbocycles. The van der Waals surface area contributed by atoms with Crippen LogP contribution in [0.15, 0.2) is 83.8 Å². The molecule has 7 nitrogen and oxygen atoms in total. The number of nitrogens with zero attached hydrogens (tertiary/aromatic N) is 1. The van der Waals surface area contributed by atoms with Crippen LogP contribution in [0.5, 0.6) is 0 Å². The molecule has 0 aliphatic rings. The summed E-state index contributed by atoms with van der Waals surface area (Å²) in [6.45, 7) is 0. The highest BCUT2D eigenvalue weighted by atomic mass is 35.5. The van der Waals surface area contributed by atoms with Gasteiger partial charge in [0.2, 0.25) is 5.78 Å². The molecule has 166 valence electrons. The highest BCUT2D eigenvalue weighted by Crippen LogP contribution is 2.28. The Labute approximate surface area is 191 Å². The van der Waals surface area contributed by atoms with Crippen molar-refractivity contribution in [1.82, 2.24) is 4.47 Å². The van der Waals surface area contributed by atoms with Crippen LogP contribution in [0, 0.1) is 0 Å². The first-order valence-corrected chi connectivity index (χ1v) is 11.2. The quantitative estimate of drug-likeness (QED) is 0.275. The van der Waals surface area contributed by atoms with Gasteiger partial charge >= 0.3 is 5.97 Å². The van der Waals surface area contributed by atoms with Gasteiger partial charge in [0.25, 0.3) is 10.0 Å². The van der Waals surface area contributed by atoms with Gasteiger partial charge in [-0.2, -0.15) is 0 Å². The zero-order chi connectivity index (χ0) is 23.3. The van der Waals surface area contributed by atoms with Gasteiger partial charge in [-0.05, 0) is 18.2 Å². The SMILES string of the molecule is CON(C)S(=O)(=O)c1cc(C(=O)OC(C(=O)c2ccccc2)c2ccccc2)ccc1Cl. The van der Waals surface area contributed by atoms with E-state index in [9.17, 15) is 18.0 Å². The van der Waals surface area contributed by atoms with E-state index >= 15 is 0 Å². The van der Waals surface area contributed by atoms with Crippen molar-refractivity contribution in [1.29, 1.82) is 0 Å². The standard InChI is InChI=1S/C23H20ClNO6S/c1-25(30-2)32(28,29)20-15-18(13-14-19(20)24)23(27)31-22(17-11-7-4-8-12-17)21(26)16-9-5-3-6-10-16/h3-15,22H,1-2H3. The van der Waals surface area contributed by atoms with E-state index in [1.165, 1.54) is 26.3 Å². The Balaban J connectivity index is 1.97. The summed E-state index contributed by atoms with van der Waals surface area (Å²) in [5, 5.41) is -0.0922. The minimum absolute atomic E-state index is 0.0840. The molecule has 0 aliphatic heterocycles. The zero-order valence-electron chi connectivity index (χ0n) is 17.3. The molecule has 0 N–H and O–H groups in total. The Morgan fingerprint density at radius 2 is 1.50 bits per heavy atom. The largest absolute Gasteiger partial charge is 0.445 e. The Bertz CT molecular complexity index is 1220. The molecule has 1 unspecified atom stereocenters. The number of sulfonamides is 1. The van der Waals surface area contributed by atoms with Crippen LogP contribution < -0.4 is 0 Å². The molecule has 0 radical (unpaired) electrons. The van der Waals surface area contributed by atoms with Crippen LogP contribution in [-0.2, 0) is 19.6 Å². The van der Waals surface area contributed by atoms with Crippen LogP contribution in [0.1, 0.15) is 32.4 Å². The monoisotopic (exact) mass is 473 g/mol. The van der Waals surface area contributed by atoms with Crippen LogP contribution in [0.3, 0.4) is 0 Å². The fourth-order valence-electron chi connectivity index (χ4n) is 2.89. The van der Waals surface area contributed by atoms with Gasteiger partial charge in [0.1, 0.15) is 4.90 Å². The van der Waals surface area contributed by atoms with Crippen molar-refractivity contribution in [2.24, 2.45) is 0 Å². The summed E-state index contributed by atoms with van der Waals surface area (Å²) in [7, 11) is -1.73. The number of hydrogen-bond donors (Lipinski definition) is 0. The summed E-state index contributed by atoms with van der Waals surface area (Å²) in [6.07, 6.45) is -1.22. The second-order valence-electron chi connectivity index (χ2n) is 6.67. The lowest BCUT2D eigenvalue weighted by Gasteiger charge is -2.19. The van der Waals surface area contributed by atoms with Crippen molar-refractivity contribution in [2.45, 2.75) is 11.0 Å². The maximum Gasteiger partial charge on any atom is 0.339 e. The summed E-state index contributed by atoms with van der Waals surface area (Å²) in [4.78, 5) is 30.5. The van der Waals surface area contributed by atoms with Crippen LogP contribution in [0.4, 0.5) is 0 Å². The molecule has 0 spiro atoms. The van der Waals surface area contributed by atoms with E-state index < -0.39 is 27.9 Å². The zero-order valence-corrected chi connectivity index (χ0v) is 18.8. The third-order valence-electron chi connectivity index (χ3n) is 4.66. The van der Waals surface area contributed by atoms with Gasteiger partial charge in [0.05, 0.1) is 17.7 Å². The number of rotatable bonds is 8. The number of carbonyl (C=O) groups excluding carboxylic acids is 2. The predicted molar refractivity (Wildman–Crippen MR) is 119 cm³/mol. The first-order valence-electron chi connectivity index (χ1n) is 9.43. The van der Waals surface area contributed by atoms with Crippen molar-refractivity contribution in [2.75, 3.05) is 14.2 Å². The Morgan fingerprint density at radius 3 is 2.09 bits per heavy atom. The van der Waals surface area contributed by atoms with Gasteiger partial charge in [-0.15, -0.1) is 0 Å².